The smallest absolute Gasteiger partial charge is 0.139 e. The zero-order valence-corrected chi connectivity index (χ0v) is 14.1. The molecule has 0 bridgehead atoms. The lowest BCUT2D eigenvalue weighted by Gasteiger charge is -2.16. The molecule has 0 aromatic heterocycles. The third-order valence-corrected chi connectivity index (χ3v) is 4.02. The van der Waals surface area contributed by atoms with Crippen molar-refractivity contribution < 1.29 is 14.2 Å². The minimum atomic E-state index is -1.21. The van der Waals surface area contributed by atoms with Crippen molar-refractivity contribution in [3.8, 4) is 5.75 Å². The van der Waals surface area contributed by atoms with Gasteiger partial charge >= 0.3 is 0 Å². The predicted molar refractivity (Wildman–Crippen MR) is 85.8 cm³/mol. The molecule has 0 aliphatic carbocycles. The molecular formula is C15H12BrCl2FO2. The van der Waals surface area contributed by atoms with Crippen LogP contribution in [0.15, 0.2) is 34.8 Å². The largest absolute Gasteiger partial charge is 0.492 e. The van der Waals surface area contributed by atoms with Crippen molar-refractivity contribution >= 4 is 39.1 Å². The first-order valence-corrected chi connectivity index (χ1v) is 7.73. The molecule has 0 fully saturated rings. The first-order valence-electron chi connectivity index (χ1n) is 6.18. The molecule has 1 atom stereocenters. The summed E-state index contributed by atoms with van der Waals surface area (Å²) in [6, 6.07) is 7.42. The summed E-state index contributed by atoms with van der Waals surface area (Å²) >= 11 is 15.4. The zero-order chi connectivity index (χ0) is 15.6. The average Bonchev–Trinajstić information content (AvgIpc) is 2.42. The maximum Gasteiger partial charge on any atom is 0.139 e. The van der Waals surface area contributed by atoms with E-state index in [1.54, 1.807) is 6.07 Å². The minimum Gasteiger partial charge on any atom is -0.492 e. The zero-order valence-electron chi connectivity index (χ0n) is 11.0. The summed E-state index contributed by atoms with van der Waals surface area (Å²) in [6.07, 6.45) is -1.21. The van der Waals surface area contributed by atoms with Gasteiger partial charge < -0.3 is 9.84 Å². The Morgan fingerprint density at radius 1 is 1.19 bits per heavy atom. The molecule has 2 aromatic carbocycles. The van der Waals surface area contributed by atoms with Crippen molar-refractivity contribution in [3.63, 3.8) is 0 Å². The van der Waals surface area contributed by atoms with E-state index in [1.165, 1.54) is 24.3 Å². The fourth-order valence-electron chi connectivity index (χ4n) is 1.91. The fraction of sp³-hybridized carbons (Fsp3) is 0.200. The van der Waals surface area contributed by atoms with Crippen LogP contribution in [0.2, 0.25) is 10.0 Å². The molecular weight excluding hydrogens is 382 g/mol. The Hall–Kier alpha value is -0.810. The van der Waals surface area contributed by atoms with Gasteiger partial charge in [-0.25, -0.2) is 4.39 Å². The number of ether oxygens (including phenoxy) is 1. The van der Waals surface area contributed by atoms with E-state index in [9.17, 15) is 9.50 Å². The second-order valence-corrected chi connectivity index (χ2v) is 6.04. The highest BCUT2D eigenvalue weighted by Crippen LogP contribution is 2.37. The van der Waals surface area contributed by atoms with Crippen LogP contribution in [0.5, 0.6) is 5.75 Å². The van der Waals surface area contributed by atoms with Gasteiger partial charge in [-0.15, -0.1) is 0 Å². The molecule has 1 N–H and O–H groups in total. The van der Waals surface area contributed by atoms with Crippen LogP contribution >= 0.6 is 39.1 Å². The van der Waals surface area contributed by atoms with Gasteiger partial charge in [0.05, 0.1) is 16.7 Å². The standard InChI is InChI=1S/C15H12BrCl2FO2/c1-2-21-14-7-11(17)10(6-12(14)18)15(20)9-4-3-8(16)5-13(9)19/h3-7,15,20H,2H2,1H3. The highest BCUT2D eigenvalue weighted by molar-refractivity contribution is 9.10. The number of hydrogen-bond donors (Lipinski definition) is 1. The molecule has 1 unspecified atom stereocenters. The van der Waals surface area contributed by atoms with Crippen LogP contribution in [0, 0.1) is 5.82 Å². The SMILES string of the molecule is CCOc1cc(Cl)c(C(O)c2ccc(Br)cc2F)cc1Cl. The number of halogens is 4. The summed E-state index contributed by atoms with van der Waals surface area (Å²) < 4.78 is 19.8. The van der Waals surface area contributed by atoms with Crippen molar-refractivity contribution in [2.45, 2.75) is 13.0 Å². The van der Waals surface area contributed by atoms with Crippen LogP contribution < -0.4 is 4.74 Å². The Morgan fingerprint density at radius 3 is 2.52 bits per heavy atom. The summed E-state index contributed by atoms with van der Waals surface area (Å²) in [5.41, 5.74) is 0.451. The van der Waals surface area contributed by atoms with Crippen LogP contribution in [-0.2, 0) is 0 Å². The molecule has 2 rings (SSSR count). The van der Waals surface area contributed by atoms with Gasteiger partial charge in [-0.2, -0.15) is 0 Å². The highest BCUT2D eigenvalue weighted by Gasteiger charge is 2.20. The van der Waals surface area contributed by atoms with E-state index in [4.69, 9.17) is 27.9 Å². The van der Waals surface area contributed by atoms with Gasteiger partial charge in [-0.1, -0.05) is 45.2 Å². The van der Waals surface area contributed by atoms with Crippen molar-refractivity contribution in [1.82, 2.24) is 0 Å². The van der Waals surface area contributed by atoms with Crippen molar-refractivity contribution in [2.75, 3.05) is 6.61 Å². The van der Waals surface area contributed by atoms with E-state index < -0.39 is 11.9 Å². The number of aliphatic hydroxyl groups is 1. The molecule has 0 spiro atoms. The maximum absolute atomic E-state index is 13.9. The third kappa shape index (κ3) is 3.69. The van der Waals surface area contributed by atoms with Crippen LogP contribution in [0.4, 0.5) is 4.39 Å². The molecule has 0 heterocycles. The average molecular weight is 394 g/mol. The quantitative estimate of drug-likeness (QED) is 0.755. The Labute approximate surface area is 140 Å². The van der Waals surface area contributed by atoms with Crippen LogP contribution in [-0.4, -0.2) is 11.7 Å². The van der Waals surface area contributed by atoms with Gasteiger partial charge in [0.1, 0.15) is 17.7 Å². The molecule has 2 nitrogen and oxygen atoms in total. The van der Waals surface area contributed by atoms with E-state index in [1.807, 2.05) is 6.92 Å². The lowest BCUT2D eigenvalue weighted by atomic mass is 10.0. The predicted octanol–water partition coefficient (Wildman–Crippen LogP) is 5.38. The van der Waals surface area contributed by atoms with Crippen molar-refractivity contribution in [1.29, 1.82) is 0 Å². The summed E-state index contributed by atoms with van der Waals surface area (Å²) in [5.74, 6) is -0.102. The highest BCUT2D eigenvalue weighted by atomic mass is 79.9. The Bertz CT molecular complexity index is 664. The first kappa shape index (κ1) is 16.6. The van der Waals surface area contributed by atoms with Crippen molar-refractivity contribution in [3.05, 3.63) is 61.8 Å². The molecule has 0 amide bonds. The van der Waals surface area contributed by atoms with Gasteiger partial charge in [-0.3, -0.25) is 0 Å². The molecule has 0 saturated carbocycles. The van der Waals surface area contributed by atoms with E-state index in [0.29, 0.717) is 27.4 Å². The van der Waals surface area contributed by atoms with Gasteiger partial charge in [0.15, 0.2) is 0 Å². The number of rotatable bonds is 4. The number of benzene rings is 2. The minimum absolute atomic E-state index is 0.125. The molecule has 0 saturated heterocycles. The van der Waals surface area contributed by atoms with E-state index in [2.05, 4.69) is 15.9 Å². The molecule has 0 aliphatic heterocycles. The molecule has 21 heavy (non-hydrogen) atoms. The normalized spacial score (nSPS) is 12.3. The summed E-state index contributed by atoms with van der Waals surface area (Å²) in [5, 5.41) is 10.9. The monoisotopic (exact) mass is 392 g/mol. The molecule has 2 aromatic rings. The summed E-state index contributed by atoms with van der Waals surface area (Å²) in [4.78, 5) is 0. The summed E-state index contributed by atoms with van der Waals surface area (Å²) in [6.45, 7) is 2.27. The lowest BCUT2D eigenvalue weighted by Crippen LogP contribution is -2.04. The van der Waals surface area contributed by atoms with Gasteiger partial charge in [0.25, 0.3) is 0 Å². The van der Waals surface area contributed by atoms with E-state index in [-0.39, 0.29) is 10.6 Å². The summed E-state index contributed by atoms with van der Waals surface area (Å²) in [7, 11) is 0. The molecule has 112 valence electrons. The Morgan fingerprint density at radius 2 is 1.90 bits per heavy atom. The number of aliphatic hydroxyl groups excluding tert-OH is 1. The second-order valence-electron chi connectivity index (χ2n) is 4.31. The molecule has 0 radical (unpaired) electrons. The van der Waals surface area contributed by atoms with E-state index in [0.717, 1.165) is 0 Å². The molecule has 0 aliphatic rings. The van der Waals surface area contributed by atoms with Crippen LogP contribution in [0.1, 0.15) is 24.2 Å². The topological polar surface area (TPSA) is 29.5 Å². The van der Waals surface area contributed by atoms with Gasteiger partial charge in [0, 0.05) is 21.7 Å². The third-order valence-electron chi connectivity index (χ3n) is 2.90. The van der Waals surface area contributed by atoms with Crippen LogP contribution in [0.25, 0.3) is 0 Å². The van der Waals surface area contributed by atoms with Gasteiger partial charge in [0.2, 0.25) is 0 Å². The van der Waals surface area contributed by atoms with Crippen molar-refractivity contribution in [2.24, 2.45) is 0 Å². The Balaban J connectivity index is 2.43. The van der Waals surface area contributed by atoms with E-state index >= 15 is 0 Å². The Kier molecular flexibility index (Phi) is 5.49. The second kappa shape index (κ2) is 6.97. The lowest BCUT2D eigenvalue weighted by molar-refractivity contribution is 0.215. The first-order chi connectivity index (χ1) is 9.93. The van der Waals surface area contributed by atoms with Gasteiger partial charge in [-0.05, 0) is 25.1 Å². The van der Waals surface area contributed by atoms with Crippen LogP contribution in [0.3, 0.4) is 0 Å². The fourth-order valence-corrected chi connectivity index (χ4v) is 2.73. The number of hydrogen-bond acceptors (Lipinski definition) is 2. The molecule has 6 heteroatoms. The maximum atomic E-state index is 13.9.